The minimum absolute atomic E-state index is 0.0782. The molecule has 0 fully saturated rings. The Labute approximate surface area is 191 Å². The molecule has 172 valence electrons. The molecule has 0 heterocycles. The summed E-state index contributed by atoms with van der Waals surface area (Å²) < 4.78 is 67.2. The molecule has 0 aliphatic carbocycles. The van der Waals surface area contributed by atoms with Crippen molar-refractivity contribution in [2.24, 2.45) is 0 Å². The summed E-state index contributed by atoms with van der Waals surface area (Å²) in [4.78, 5) is 0.367. The monoisotopic (exact) mass is 492 g/mol. The molecule has 2 rings (SSSR count). The van der Waals surface area contributed by atoms with E-state index in [2.05, 4.69) is 17.6 Å². The molecule has 1 atom stereocenters. The molecule has 5 nitrogen and oxygen atoms in total. The van der Waals surface area contributed by atoms with Gasteiger partial charge in [-0.05, 0) is 56.3 Å². The lowest BCUT2D eigenvalue weighted by Gasteiger charge is -2.24. The van der Waals surface area contributed by atoms with E-state index in [0.717, 1.165) is 18.2 Å². The first-order valence-corrected chi connectivity index (χ1v) is 12.5. The molecule has 0 bridgehead atoms. The number of nitrogens with one attached hydrogen (secondary N) is 1. The molecule has 2 aromatic rings. The fraction of sp³-hybridized carbons (Fsp3) is 0.333. The fourth-order valence-electron chi connectivity index (χ4n) is 2.30. The van der Waals surface area contributed by atoms with Crippen molar-refractivity contribution in [3.63, 3.8) is 0 Å². The Morgan fingerprint density at radius 1 is 1.06 bits per heavy atom. The second kappa shape index (κ2) is 14.9. The van der Waals surface area contributed by atoms with Crippen LogP contribution in [0.5, 0.6) is 0 Å². The highest BCUT2D eigenvalue weighted by atomic mass is 35.5. The van der Waals surface area contributed by atoms with Crippen LogP contribution in [0.1, 0.15) is 26.7 Å². The molecule has 1 N–H and O–H groups in total. The summed E-state index contributed by atoms with van der Waals surface area (Å²) in [6, 6.07) is 9.07. The lowest BCUT2D eigenvalue weighted by atomic mass is 10.2. The molecule has 2 aromatic carbocycles. The van der Waals surface area contributed by atoms with Gasteiger partial charge >= 0.3 is 0 Å². The lowest BCUT2D eigenvalue weighted by Crippen LogP contribution is -2.29. The van der Waals surface area contributed by atoms with Gasteiger partial charge in [-0.2, -0.15) is 0 Å². The van der Waals surface area contributed by atoms with Crippen molar-refractivity contribution in [2.45, 2.75) is 31.6 Å². The smallest absolute Gasteiger partial charge is 0.211 e. The summed E-state index contributed by atoms with van der Waals surface area (Å²) in [5.41, 5.74) is -0.153. The maximum Gasteiger partial charge on any atom is 0.211 e. The summed E-state index contributed by atoms with van der Waals surface area (Å²) in [6.07, 6.45) is 8.59. The largest absolute Gasteiger partial charge is 0.285 e. The summed E-state index contributed by atoms with van der Waals surface area (Å²) in [5, 5.41) is 0.455. The molecule has 0 saturated carbocycles. The Hall–Kier alpha value is -1.99. The van der Waals surface area contributed by atoms with E-state index in [-0.39, 0.29) is 24.4 Å². The van der Waals surface area contributed by atoms with Gasteiger partial charge in [0.05, 0.1) is 16.3 Å². The van der Waals surface area contributed by atoms with Gasteiger partial charge in [-0.1, -0.05) is 25.4 Å². The first-order valence-electron chi connectivity index (χ1n) is 9.38. The number of nitrogens with zero attached hydrogens (tertiary/aromatic N) is 1. The highest BCUT2D eigenvalue weighted by molar-refractivity contribution is 7.89. The first-order chi connectivity index (χ1) is 14.7. The van der Waals surface area contributed by atoms with Gasteiger partial charge in [-0.25, -0.2) is 26.1 Å². The molecule has 0 aliphatic heterocycles. The van der Waals surface area contributed by atoms with Gasteiger partial charge in [0.2, 0.25) is 10.0 Å². The number of hydrogen-bond donors (Lipinski definition) is 1. The van der Waals surface area contributed by atoms with Crippen molar-refractivity contribution >= 4 is 38.3 Å². The van der Waals surface area contributed by atoms with Crippen LogP contribution < -0.4 is 9.03 Å². The second-order valence-corrected chi connectivity index (χ2v) is 9.52. The van der Waals surface area contributed by atoms with Gasteiger partial charge in [0.1, 0.15) is 11.6 Å². The normalized spacial score (nSPS) is 11.4. The number of terminal acetylenes is 1. The van der Waals surface area contributed by atoms with Crippen LogP contribution >= 0.6 is 11.6 Å². The van der Waals surface area contributed by atoms with E-state index in [4.69, 9.17) is 11.6 Å². The molecule has 0 radical (unpaired) electrons. The fourth-order valence-corrected chi connectivity index (χ4v) is 4.45. The molecule has 31 heavy (non-hydrogen) atoms. The van der Waals surface area contributed by atoms with E-state index in [1.54, 1.807) is 12.1 Å². The lowest BCUT2D eigenvalue weighted by molar-refractivity contribution is 0.583. The minimum Gasteiger partial charge on any atom is -0.285 e. The molecular formula is C21H27ClF2N2O3S2. The number of rotatable bonds is 9. The quantitative estimate of drug-likeness (QED) is 0.405. The van der Waals surface area contributed by atoms with Crippen molar-refractivity contribution in [2.75, 3.05) is 23.7 Å². The Morgan fingerprint density at radius 3 is 2.19 bits per heavy atom. The average molecular weight is 493 g/mol. The van der Waals surface area contributed by atoms with E-state index < -0.39 is 32.6 Å². The molecule has 0 saturated heterocycles. The van der Waals surface area contributed by atoms with Crippen LogP contribution in [-0.4, -0.2) is 32.0 Å². The summed E-state index contributed by atoms with van der Waals surface area (Å²) in [6.45, 7) is 4.08. The van der Waals surface area contributed by atoms with Crippen LogP contribution in [0.25, 0.3) is 0 Å². The molecular weight excluding hydrogens is 466 g/mol. The zero-order valence-electron chi connectivity index (χ0n) is 17.6. The van der Waals surface area contributed by atoms with Crippen LogP contribution in [0.3, 0.4) is 0 Å². The van der Waals surface area contributed by atoms with E-state index in [9.17, 15) is 21.4 Å². The Balaban J connectivity index is 0.00000212. The van der Waals surface area contributed by atoms with E-state index in [0.29, 0.717) is 16.3 Å². The van der Waals surface area contributed by atoms with Crippen LogP contribution in [0.15, 0.2) is 47.4 Å². The van der Waals surface area contributed by atoms with Crippen LogP contribution in [-0.2, 0) is 21.0 Å². The van der Waals surface area contributed by atoms with Crippen molar-refractivity contribution in [3.8, 4) is 12.8 Å². The third-order valence-electron chi connectivity index (χ3n) is 3.73. The first kappa shape index (κ1) is 29.0. The molecule has 0 spiro atoms. The third kappa shape index (κ3) is 9.78. The standard InChI is InChI=1S/C17H19ClF2N2O3S2.C2H6.C2H2/c1-21-27(24,25)11-3-2-10-22(17-12-14(19)6-9-16(17)20)26(23)15-7-4-13(18)5-8-15;2*1-2/h4-9,12,21H,2-3,10-11H2,1H3;1-2H3;1-2H. The van der Waals surface area contributed by atoms with Gasteiger partial charge in [-0.15, -0.1) is 12.8 Å². The van der Waals surface area contributed by atoms with Crippen LogP contribution in [0.2, 0.25) is 5.02 Å². The number of unbranched alkanes of at least 4 members (excludes halogenated alkanes) is 1. The highest BCUT2D eigenvalue weighted by Crippen LogP contribution is 2.26. The zero-order valence-corrected chi connectivity index (χ0v) is 20.0. The van der Waals surface area contributed by atoms with Gasteiger partial charge < -0.3 is 0 Å². The topological polar surface area (TPSA) is 66.5 Å². The van der Waals surface area contributed by atoms with Gasteiger partial charge in [0.25, 0.3) is 0 Å². The summed E-state index contributed by atoms with van der Waals surface area (Å²) in [7, 11) is -3.87. The van der Waals surface area contributed by atoms with Crippen molar-refractivity contribution in [1.82, 2.24) is 4.72 Å². The highest BCUT2D eigenvalue weighted by Gasteiger charge is 2.20. The number of sulfonamides is 1. The van der Waals surface area contributed by atoms with Gasteiger partial charge in [0, 0.05) is 17.6 Å². The van der Waals surface area contributed by atoms with Gasteiger partial charge in [-0.3, -0.25) is 4.31 Å². The number of hydrogen-bond acceptors (Lipinski definition) is 3. The average Bonchev–Trinajstić information content (AvgIpc) is 2.78. The van der Waals surface area contributed by atoms with E-state index in [1.165, 1.54) is 23.5 Å². The SMILES string of the molecule is C#C.CC.CNS(=O)(=O)CCCCN(c1cc(F)ccc1F)S(=O)c1ccc(Cl)cc1. The van der Waals surface area contributed by atoms with E-state index >= 15 is 0 Å². The maximum absolute atomic E-state index is 14.2. The molecule has 10 heteroatoms. The Bertz CT molecular complexity index is 953. The number of benzene rings is 2. The predicted octanol–water partition coefficient (Wildman–Crippen LogP) is 4.75. The maximum atomic E-state index is 14.2. The van der Waals surface area contributed by atoms with Crippen LogP contribution in [0.4, 0.5) is 14.5 Å². The molecule has 0 amide bonds. The Morgan fingerprint density at radius 2 is 1.65 bits per heavy atom. The van der Waals surface area contributed by atoms with Crippen molar-refractivity contribution in [3.05, 3.63) is 59.1 Å². The van der Waals surface area contributed by atoms with Gasteiger partial charge in [0.15, 0.2) is 11.0 Å². The van der Waals surface area contributed by atoms with Crippen molar-refractivity contribution < 1.29 is 21.4 Å². The van der Waals surface area contributed by atoms with Crippen LogP contribution in [0, 0.1) is 24.5 Å². The molecule has 0 aliphatic rings. The van der Waals surface area contributed by atoms with E-state index in [1.807, 2.05) is 13.8 Å². The number of anilines is 1. The number of halogens is 3. The zero-order chi connectivity index (χ0) is 24.0. The summed E-state index contributed by atoms with van der Waals surface area (Å²) >= 11 is 5.83. The second-order valence-electron chi connectivity index (χ2n) is 5.63. The van der Waals surface area contributed by atoms with Crippen molar-refractivity contribution in [1.29, 1.82) is 0 Å². The third-order valence-corrected chi connectivity index (χ3v) is 6.88. The Kier molecular flexibility index (Phi) is 14.0. The molecule has 0 aromatic heterocycles. The minimum atomic E-state index is -3.37. The predicted molar refractivity (Wildman–Crippen MR) is 125 cm³/mol. The molecule has 1 unspecified atom stereocenters. The summed E-state index contributed by atoms with van der Waals surface area (Å²) in [5.74, 6) is -1.50.